The van der Waals surface area contributed by atoms with Crippen LogP contribution in [-0.4, -0.2) is 48.8 Å². The molecule has 5 rings (SSSR count). The maximum Gasteiger partial charge on any atom is 0.230 e. The molecule has 2 saturated carbocycles. The van der Waals surface area contributed by atoms with Crippen molar-refractivity contribution in [3.8, 4) is 10.4 Å². The van der Waals surface area contributed by atoms with Gasteiger partial charge in [0.25, 0.3) is 0 Å². The number of thiophene rings is 1. The van der Waals surface area contributed by atoms with Crippen molar-refractivity contribution in [1.82, 2.24) is 9.80 Å². The van der Waals surface area contributed by atoms with E-state index in [9.17, 15) is 9.59 Å². The Labute approximate surface area is 182 Å². The largest absolute Gasteiger partial charge is 0.348 e. The highest BCUT2D eigenvalue weighted by Gasteiger charge is 2.62. The van der Waals surface area contributed by atoms with E-state index in [1.807, 2.05) is 19.0 Å². The number of nitrogens with zero attached hydrogens (tertiary/aromatic N) is 2. The maximum absolute atomic E-state index is 13.3. The van der Waals surface area contributed by atoms with E-state index in [0.717, 1.165) is 12.8 Å². The first-order valence-electron chi connectivity index (χ1n) is 11.1. The average molecular weight is 423 g/mol. The van der Waals surface area contributed by atoms with Gasteiger partial charge in [0.15, 0.2) is 0 Å². The fourth-order valence-electron chi connectivity index (χ4n) is 5.70. The zero-order chi connectivity index (χ0) is 20.9. The average Bonchev–Trinajstić information content (AvgIpc) is 3.04. The molecule has 3 fully saturated rings. The van der Waals surface area contributed by atoms with Gasteiger partial charge >= 0.3 is 0 Å². The summed E-state index contributed by atoms with van der Waals surface area (Å²) < 4.78 is 0. The van der Waals surface area contributed by atoms with Crippen LogP contribution in [0.3, 0.4) is 0 Å². The summed E-state index contributed by atoms with van der Waals surface area (Å²) in [5.41, 5.74) is 2.19. The van der Waals surface area contributed by atoms with E-state index in [1.54, 1.807) is 16.2 Å². The summed E-state index contributed by atoms with van der Waals surface area (Å²) in [5, 5.41) is 2.09. The second-order valence-corrected chi connectivity index (χ2v) is 10.8. The highest BCUT2D eigenvalue weighted by Crippen LogP contribution is 2.66. The lowest BCUT2D eigenvalue weighted by molar-refractivity contribution is -0.140. The van der Waals surface area contributed by atoms with Gasteiger partial charge < -0.3 is 9.80 Å². The molecule has 3 aliphatic rings. The molecule has 1 aromatic heterocycles. The lowest BCUT2D eigenvalue weighted by Gasteiger charge is -2.32. The Hall–Kier alpha value is -2.14. The van der Waals surface area contributed by atoms with E-state index in [0.29, 0.717) is 30.8 Å². The number of benzene rings is 1. The summed E-state index contributed by atoms with van der Waals surface area (Å²) in [6, 6.07) is 12.7. The summed E-state index contributed by atoms with van der Waals surface area (Å²) in [6.07, 6.45) is 6.21. The standard InChI is InChI=1S/C25H30N2O2S/c1-26(2)23(29)25(15-18-6-3-7-19(14-18)21-8-4-13-30-21)11-12-27(17-25)22(28)20-16-24(20)9-5-10-24/h3-4,6-8,13-14,20H,5,9-12,15-17H2,1-2H3/t20-,25-/m1/s1. The van der Waals surface area contributed by atoms with E-state index < -0.39 is 5.41 Å². The smallest absolute Gasteiger partial charge is 0.230 e. The number of carbonyl (C=O) groups is 2. The van der Waals surface area contributed by atoms with Crippen molar-refractivity contribution in [2.45, 2.75) is 38.5 Å². The molecular formula is C25H30N2O2S. The Bertz CT molecular complexity index is 963. The maximum atomic E-state index is 13.3. The molecular weight excluding hydrogens is 392 g/mol. The molecule has 2 atom stereocenters. The number of hydrogen-bond acceptors (Lipinski definition) is 3. The molecule has 1 aliphatic heterocycles. The van der Waals surface area contributed by atoms with Crippen LogP contribution in [0.4, 0.5) is 0 Å². The number of carbonyl (C=O) groups excluding carboxylic acids is 2. The fourth-order valence-corrected chi connectivity index (χ4v) is 6.42. The normalized spacial score (nSPS) is 26.5. The molecule has 1 aromatic carbocycles. The van der Waals surface area contributed by atoms with Crippen LogP contribution in [0.5, 0.6) is 0 Å². The Balaban J connectivity index is 1.37. The van der Waals surface area contributed by atoms with Crippen molar-refractivity contribution < 1.29 is 9.59 Å². The molecule has 2 amide bonds. The summed E-state index contributed by atoms with van der Waals surface area (Å²) in [5.74, 6) is 0.669. The lowest BCUT2D eigenvalue weighted by atomic mass is 9.79. The molecule has 1 spiro atoms. The second-order valence-electron chi connectivity index (χ2n) is 9.82. The van der Waals surface area contributed by atoms with Gasteiger partial charge in [0.2, 0.25) is 11.8 Å². The predicted octanol–water partition coefficient (Wildman–Crippen LogP) is 4.45. The van der Waals surface area contributed by atoms with Crippen molar-refractivity contribution in [1.29, 1.82) is 0 Å². The van der Waals surface area contributed by atoms with Crippen LogP contribution in [-0.2, 0) is 16.0 Å². The zero-order valence-electron chi connectivity index (χ0n) is 17.9. The Morgan fingerprint density at radius 1 is 1.17 bits per heavy atom. The molecule has 158 valence electrons. The first kappa shape index (κ1) is 19.8. The Morgan fingerprint density at radius 3 is 2.63 bits per heavy atom. The van der Waals surface area contributed by atoms with Gasteiger partial charge in [0.05, 0.1) is 5.41 Å². The number of likely N-dealkylation sites (tertiary alicyclic amines) is 1. The van der Waals surface area contributed by atoms with E-state index >= 15 is 0 Å². The molecule has 0 bridgehead atoms. The molecule has 1 saturated heterocycles. The third-order valence-corrected chi connectivity index (χ3v) is 8.56. The van der Waals surface area contributed by atoms with Crippen molar-refractivity contribution in [2.24, 2.45) is 16.7 Å². The molecule has 0 N–H and O–H groups in total. The number of hydrogen-bond donors (Lipinski definition) is 0. The molecule has 2 heterocycles. The minimum atomic E-state index is -0.519. The highest BCUT2D eigenvalue weighted by atomic mass is 32.1. The first-order chi connectivity index (χ1) is 14.4. The molecule has 2 aliphatic carbocycles. The van der Waals surface area contributed by atoms with Gasteiger partial charge in [-0.05, 0) is 60.1 Å². The topological polar surface area (TPSA) is 40.6 Å². The quantitative estimate of drug-likeness (QED) is 0.714. The van der Waals surface area contributed by atoms with E-state index in [-0.39, 0.29) is 11.8 Å². The van der Waals surface area contributed by atoms with Gasteiger partial charge in [-0.15, -0.1) is 11.3 Å². The van der Waals surface area contributed by atoms with E-state index in [2.05, 4.69) is 41.8 Å². The molecule has 4 nitrogen and oxygen atoms in total. The lowest BCUT2D eigenvalue weighted by Crippen LogP contribution is -2.45. The molecule has 0 unspecified atom stereocenters. The SMILES string of the molecule is CN(C)C(=O)[C@@]1(Cc2cccc(-c3cccs3)c2)CCN(C(=O)[C@H]2CC23CCC3)C1. The van der Waals surface area contributed by atoms with E-state index in [1.165, 1.54) is 35.3 Å². The molecule has 0 radical (unpaired) electrons. The highest BCUT2D eigenvalue weighted by molar-refractivity contribution is 7.13. The third-order valence-electron chi connectivity index (χ3n) is 7.64. The van der Waals surface area contributed by atoms with Gasteiger partial charge in [0, 0.05) is 38.0 Å². The van der Waals surface area contributed by atoms with Crippen LogP contribution < -0.4 is 0 Å². The van der Waals surface area contributed by atoms with Crippen LogP contribution in [0.15, 0.2) is 41.8 Å². The summed E-state index contributed by atoms with van der Waals surface area (Å²) >= 11 is 1.73. The van der Waals surface area contributed by atoms with Gasteiger partial charge in [0.1, 0.15) is 0 Å². The second kappa shape index (κ2) is 7.23. The van der Waals surface area contributed by atoms with Crippen LogP contribution in [0.2, 0.25) is 0 Å². The van der Waals surface area contributed by atoms with Crippen molar-refractivity contribution in [2.75, 3.05) is 27.2 Å². The first-order valence-corrected chi connectivity index (χ1v) is 11.9. The zero-order valence-corrected chi connectivity index (χ0v) is 18.7. The van der Waals surface area contributed by atoms with Gasteiger partial charge in [-0.2, -0.15) is 0 Å². The summed E-state index contributed by atoms with van der Waals surface area (Å²) in [6.45, 7) is 1.26. The van der Waals surface area contributed by atoms with Crippen LogP contribution in [0.1, 0.15) is 37.7 Å². The summed E-state index contributed by atoms with van der Waals surface area (Å²) in [7, 11) is 3.67. The molecule has 5 heteroatoms. The minimum Gasteiger partial charge on any atom is -0.348 e. The van der Waals surface area contributed by atoms with Gasteiger partial charge in [-0.3, -0.25) is 9.59 Å². The van der Waals surface area contributed by atoms with Crippen molar-refractivity contribution in [3.63, 3.8) is 0 Å². The minimum absolute atomic E-state index is 0.147. The fraction of sp³-hybridized carbons (Fsp3) is 0.520. The van der Waals surface area contributed by atoms with Gasteiger partial charge in [-0.25, -0.2) is 0 Å². The van der Waals surface area contributed by atoms with Crippen LogP contribution in [0.25, 0.3) is 10.4 Å². The van der Waals surface area contributed by atoms with E-state index in [4.69, 9.17) is 0 Å². The summed E-state index contributed by atoms with van der Waals surface area (Å²) in [4.78, 5) is 31.4. The monoisotopic (exact) mass is 422 g/mol. The van der Waals surface area contributed by atoms with Crippen LogP contribution in [0, 0.1) is 16.7 Å². The molecule has 30 heavy (non-hydrogen) atoms. The predicted molar refractivity (Wildman–Crippen MR) is 120 cm³/mol. The third kappa shape index (κ3) is 3.27. The van der Waals surface area contributed by atoms with Gasteiger partial charge in [-0.1, -0.05) is 36.8 Å². The Kier molecular flexibility index (Phi) is 4.77. The number of amides is 2. The van der Waals surface area contributed by atoms with Crippen LogP contribution >= 0.6 is 11.3 Å². The number of rotatable bonds is 5. The molecule has 2 aromatic rings. The Morgan fingerprint density at radius 2 is 2.00 bits per heavy atom. The van der Waals surface area contributed by atoms with Crippen molar-refractivity contribution in [3.05, 3.63) is 47.3 Å². The van der Waals surface area contributed by atoms with Crippen molar-refractivity contribution >= 4 is 23.2 Å².